The van der Waals surface area contributed by atoms with E-state index in [2.05, 4.69) is 100 Å². The fourth-order valence-electron chi connectivity index (χ4n) is 7.34. The Morgan fingerprint density at radius 2 is 1.07 bits per heavy atom. The molecule has 4 aromatic rings. The van der Waals surface area contributed by atoms with Gasteiger partial charge in [0.05, 0.1) is 0 Å². The summed E-state index contributed by atoms with van der Waals surface area (Å²) >= 11 is -0.556. The van der Waals surface area contributed by atoms with Gasteiger partial charge in [-0.2, -0.15) is 12.1 Å². The summed E-state index contributed by atoms with van der Waals surface area (Å²) in [4.78, 5) is 0. The molecule has 0 aliphatic heterocycles. The molecular formula is C38H52Cl2P2Ti-2. The summed E-state index contributed by atoms with van der Waals surface area (Å²) in [6, 6.07) is 27.7. The Morgan fingerprint density at radius 3 is 1.49 bits per heavy atom. The van der Waals surface area contributed by atoms with Crippen molar-refractivity contribution in [2.75, 3.05) is 0 Å². The fourth-order valence-corrected chi connectivity index (χ4v) is 14.5. The number of fused-ring (bicyclic) bond motifs is 2. The first kappa shape index (κ1) is 35.7. The summed E-state index contributed by atoms with van der Waals surface area (Å²) in [5.74, 6) is 0. The van der Waals surface area contributed by atoms with Crippen LogP contribution in [0.25, 0.3) is 21.5 Å². The van der Waals surface area contributed by atoms with Crippen molar-refractivity contribution in [3.63, 3.8) is 0 Å². The summed E-state index contributed by atoms with van der Waals surface area (Å²) < 4.78 is 0. The molecule has 43 heavy (non-hydrogen) atoms. The third-order valence-corrected chi connectivity index (χ3v) is 16.8. The van der Waals surface area contributed by atoms with Crippen molar-refractivity contribution in [1.29, 1.82) is 0 Å². The van der Waals surface area contributed by atoms with Crippen LogP contribution < -0.4 is 10.6 Å². The van der Waals surface area contributed by atoms with Crippen LogP contribution in [0.15, 0.2) is 72.8 Å². The minimum atomic E-state index is -0.556. The molecule has 0 spiro atoms. The zero-order valence-corrected chi connectivity index (χ0v) is 31.7. The summed E-state index contributed by atoms with van der Waals surface area (Å²) in [5.41, 5.74) is 3.69. The second kappa shape index (κ2) is 18.8. The van der Waals surface area contributed by atoms with E-state index in [0.29, 0.717) is 0 Å². The van der Waals surface area contributed by atoms with E-state index in [1.54, 1.807) is 10.6 Å². The number of halogens is 2. The van der Waals surface area contributed by atoms with E-state index in [-0.39, 0.29) is 15.8 Å². The Hall–Kier alpha value is -0.186. The first-order valence-electron chi connectivity index (χ1n) is 16.8. The molecular weight excluding hydrogens is 637 g/mol. The van der Waals surface area contributed by atoms with Gasteiger partial charge in [0.15, 0.2) is 0 Å². The van der Waals surface area contributed by atoms with Crippen LogP contribution in [0.1, 0.15) is 105 Å². The molecule has 0 radical (unpaired) electrons. The van der Waals surface area contributed by atoms with Crippen LogP contribution in [-0.2, 0) is 17.0 Å². The van der Waals surface area contributed by atoms with E-state index in [1.807, 2.05) is 0 Å². The van der Waals surface area contributed by atoms with Gasteiger partial charge >= 0.3 is 35.6 Å². The predicted molar refractivity (Wildman–Crippen MR) is 197 cm³/mol. The molecule has 2 aliphatic carbocycles. The van der Waals surface area contributed by atoms with Gasteiger partial charge in [-0.15, -0.1) is 80.7 Å². The Bertz CT molecular complexity index is 1240. The zero-order chi connectivity index (χ0) is 30.6. The molecule has 2 fully saturated rings. The minimum Gasteiger partial charge on any atom is -0.161 e. The van der Waals surface area contributed by atoms with E-state index in [1.165, 1.54) is 98.6 Å². The Kier molecular flexibility index (Phi) is 15.6. The molecule has 6 rings (SSSR count). The topological polar surface area (TPSA) is 0 Å². The standard InChI is InChI=1S/C21H28P.C17H24P.2ClH.Ti/c1-3-11-19(12-4-1)22(20-13-5-2-6-14-20)21-15-17-9-7-8-10-18(17)16-21;1-5-13(3)18(14(4)6-2)17-11-15-9-7-8-10-16(15)12-17;;;/h7-10,15-16,19-20H,1-6,11-14H2;7-14H,5-6H2,1-4H3;2*1H;/q2*-1;;;+2/p-2. The largest absolute Gasteiger partial charge is 0.161 e. The van der Waals surface area contributed by atoms with Crippen molar-refractivity contribution in [2.24, 2.45) is 0 Å². The number of rotatable bonds is 8. The van der Waals surface area contributed by atoms with Gasteiger partial charge in [-0.1, -0.05) is 94.2 Å². The molecule has 2 aliphatic rings. The number of benzene rings is 2. The van der Waals surface area contributed by atoms with Crippen molar-refractivity contribution < 1.29 is 17.0 Å². The van der Waals surface area contributed by atoms with Gasteiger partial charge in [0.25, 0.3) is 0 Å². The van der Waals surface area contributed by atoms with Gasteiger partial charge < -0.3 is 0 Å². The Labute approximate surface area is 282 Å². The van der Waals surface area contributed by atoms with E-state index in [9.17, 15) is 0 Å². The third-order valence-electron chi connectivity index (χ3n) is 9.87. The quantitative estimate of drug-likeness (QED) is 0.0982. The average molecular weight is 690 g/mol. The maximum absolute atomic E-state index is 4.89. The maximum Gasteiger partial charge on any atom is -0.0181 e. The molecule has 0 aromatic heterocycles. The van der Waals surface area contributed by atoms with Crippen molar-refractivity contribution in [1.82, 2.24) is 0 Å². The van der Waals surface area contributed by atoms with Crippen LogP contribution in [0.2, 0.25) is 0 Å². The predicted octanol–water partition coefficient (Wildman–Crippen LogP) is 13.0. The van der Waals surface area contributed by atoms with Crippen LogP contribution in [0.5, 0.6) is 0 Å². The van der Waals surface area contributed by atoms with Crippen molar-refractivity contribution in [2.45, 2.75) is 127 Å². The van der Waals surface area contributed by atoms with E-state index >= 15 is 0 Å². The second-order valence-corrected chi connectivity index (χ2v) is 21.1. The fraction of sp³-hybridized carbons (Fsp3) is 0.526. The first-order chi connectivity index (χ1) is 21.0. The normalized spacial score (nSPS) is 18.4. The van der Waals surface area contributed by atoms with Crippen LogP contribution in [0, 0.1) is 0 Å². The second-order valence-electron chi connectivity index (χ2n) is 12.7. The van der Waals surface area contributed by atoms with Crippen LogP contribution in [0.4, 0.5) is 0 Å². The summed E-state index contributed by atoms with van der Waals surface area (Å²) in [7, 11) is 9.81. The molecule has 0 bridgehead atoms. The maximum atomic E-state index is 4.89. The van der Waals surface area contributed by atoms with Crippen molar-refractivity contribution >= 4 is 66.6 Å². The van der Waals surface area contributed by atoms with E-state index < -0.39 is 17.0 Å². The molecule has 5 heteroatoms. The van der Waals surface area contributed by atoms with Gasteiger partial charge in [0.1, 0.15) is 0 Å². The van der Waals surface area contributed by atoms with Crippen LogP contribution in [0.3, 0.4) is 0 Å². The van der Waals surface area contributed by atoms with Crippen LogP contribution in [-0.4, -0.2) is 22.6 Å². The molecule has 2 saturated carbocycles. The first-order valence-corrected chi connectivity index (χ1v) is 24.1. The number of hydrogen-bond acceptors (Lipinski definition) is 0. The number of hydrogen-bond donors (Lipinski definition) is 0. The summed E-state index contributed by atoms with van der Waals surface area (Å²) in [5, 5.41) is 9.09. The van der Waals surface area contributed by atoms with Gasteiger partial charge in [-0.05, 0) is 61.2 Å². The van der Waals surface area contributed by atoms with Crippen LogP contribution >= 0.6 is 34.5 Å². The summed E-state index contributed by atoms with van der Waals surface area (Å²) in [6.45, 7) is 9.50. The van der Waals surface area contributed by atoms with Gasteiger partial charge in [-0.25, -0.2) is 0 Å². The Balaban J connectivity index is 0.000000184. The molecule has 0 saturated heterocycles. The molecule has 0 amide bonds. The molecule has 2 atom stereocenters. The van der Waals surface area contributed by atoms with Gasteiger partial charge in [0.2, 0.25) is 0 Å². The third kappa shape index (κ3) is 9.90. The molecule has 0 N–H and O–H groups in total. The SMILES string of the molecule is CCC(C)P(c1cc2ccccc2[cH-]1)C(C)CC.[Cl][Ti][Cl].c1ccc2[cH-]c(P(C3CCCCC3)C3CCCCC3)cc2c1. The smallest absolute Gasteiger partial charge is 0.0181 e. The van der Waals surface area contributed by atoms with Crippen molar-refractivity contribution in [3.05, 3.63) is 72.8 Å². The van der Waals surface area contributed by atoms with Gasteiger partial charge in [-0.3, -0.25) is 0 Å². The van der Waals surface area contributed by atoms with Gasteiger partial charge in [0, 0.05) is 0 Å². The average Bonchev–Trinajstić information content (AvgIpc) is 3.67. The summed E-state index contributed by atoms with van der Waals surface area (Å²) in [6.07, 6.45) is 17.5. The molecule has 0 nitrogen and oxygen atoms in total. The molecule has 234 valence electrons. The van der Waals surface area contributed by atoms with E-state index in [4.69, 9.17) is 18.6 Å². The Morgan fingerprint density at radius 1 is 0.674 bits per heavy atom. The molecule has 0 heterocycles. The van der Waals surface area contributed by atoms with E-state index in [0.717, 1.165) is 22.6 Å². The molecule has 2 unspecified atom stereocenters. The van der Waals surface area contributed by atoms with Crippen molar-refractivity contribution in [3.8, 4) is 0 Å². The zero-order valence-electron chi connectivity index (χ0n) is 26.9. The molecule has 4 aromatic carbocycles. The monoisotopic (exact) mass is 688 g/mol. The minimum absolute atomic E-state index is 0.0252.